The molecule has 8 heteroatoms. The van der Waals surface area contributed by atoms with Crippen molar-refractivity contribution in [2.75, 3.05) is 11.1 Å². The number of thioether (sulfide) groups is 1. The highest BCUT2D eigenvalue weighted by molar-refractivity contribution is 7.99. The smallest absolute Gasteiger partial charge is 0.277 e. The van der Waals surface area contributed by atoms with E-state index in [9.17, 15) is 4.79 Å². The van der Waals surface area contributed by atoms with Crippen molar-refractivity contribution < 1.29 is 9.21 Å². The van der Waals surface area contributed by atoms with Gasteiger partial charge in [0.15, 0.2) is 0 Å². The van der Waals surface area contributed by atoms with E-state index in [4.69, 9.17) is 4.42 Å². The number of nitrogens with zero attached hydrogens (tertiary/aromatic N) is 3. The van der Waals surface area contributed by atoms with Gasteiger partial charge in [0.1, 0.15) is 0 Å². The summed E-state index contributed by atoms with van der Waals surface area (Å²) in [6.07, 6.45) is 0.507. The van der Waals surface area contributed by atoms with Gasteiger partial charge in [0.2, 0.25) is 11.8 Å². The average molecular weight is 374 g/mol. The van der Waals surface area contributed by atoms with Crippen LogP contribution in [0.15, 0.2) is 33.2 Å². The number of carbonyl (C=O) groups is 1. The van der Waals surface area contributed by atoms with E-state index < -0.39 is 0 Å². The number of aromatic nitrogens is 3. The second-order valence-corrected chi connectivity index (χ2v) is 7.62. The van der Waals surface area contributed by atoms with Gasteiger partial charge in [-0.2, -0.15) is 0 Å². The SMILES string of the molecule is Cc1nc(Cc2nnc(SCC(=O)Nc3ccc(C)c(C)c3)o2)cs1. The number of benzene rings is 1. The predicted octanol–water partition coefficient (Wildman–Crippen LogP) is 3.77. The molecule has 25 heavy (non-hydrogen) atoms. The molecule has 0 aliphatic carbocycles. The number of hydrogen-bond donors (Lipinski definition) is 1. The van der Waals surface area contributed by atoms with E-state index in [0.717, 1.165) is 22.0 Å². The third-order valence-electron chi connectivity index (χ3n) is 3.56. The zero-order valence-electron chi connectivity index (χ0n) is 14.2. The van der Waals surface area contributed by atoms with Gasteiger partial charge in [0.25, 0.3) is 5.22 Å². The van der Waals surface area contributed by atoms with Crippen molar-refractivity contribution in [3.63, 3.8) is 0 Å². The molecule has 2 aromatic heterocycles. The number of amides is 1. The Balaban J connectivity index is 1.51. The molecule has 1 amide bonds. The number of thiazole rings is 1. The van der Waals surface area contributed by atoms with Crippen molar-refractivity contribution in [1.29, 1.82) is 0 Å². The molecule has 130 valence electrons. The molecule has 0 spiro atoms. The minimum atomic E-state index is -0.108. The van der Waals surface area contributed by atoms with E-state index in [1.807, 2.05) is 44.4 Å². The molecular weight excluding hydrogens is 356 g/mol. The highest BCUT2D eigenvalue weighted by Gasteiger charge is 2.12. The molecule has 3 rings (SSSR count). The lowest BCUT2D eigenvalue weighted by atomic mass is 10.1. The second-order valence-electron chi connectivity index (χ2n) is 5.63. The largest absolute Gasteiger partial charge is 0.416 e. The Morgan fingerprint density at radius 1 is 1.24 bits per heavy atom. The first-order valence-corrected chi connectivity index (χ1v) is 9.59. The number of hydrogen-bond acceptors (Lipinski definition) is 7. The molecule has 1 aromatic carbocycles. The third-order valence-corrected chi connectivity index (χ3v) is 5.21. The van der Waals surface area contributed by atoms with Crippen LogP contribution >= 0.6 is 23.1 Å². The van der Waals surface area contributed by atoms with E-state index in [1.165, 1.54) is 17.3 Å². The first-order valence-electron chi connectivity index (χ1n) is 7.73. The molecule has 0 saturated heterocycles. The van der Waals surface area contributed by atoms with Crippen LogP contribution in [0, 0.1) is 20.8 Å². The zero-order chi connectivity index (χ0) is 17.8. The third kappa shape index (κ3) is 4.90. The van der Waals surface area contributed by atoms with Crippen molar-refractivity contribution >= 4 is 34.7 Å². The maximum absolute atomic E-state index is 12.1. The molecular formula is C17H18N4O2S2. The summed E-state index contributed by atoms with van der Waals surface area (Å²) in [5.41, 5.74) is 4.04. The van der Waals surface area contributed by atoms with E-state index in [2.05, 4.69) is 20.5 Å². The number of aryl methyl sites for hydroxylation is 3. The van der Waals surface area contributed by atoms with Crippen molar-refractivity contribution in [2.24, 2.45) is 0 Å². The van der Waals surface area contributed by atoms with Gasteiger partial charge in [-0.15, -0.1) is 21.5 Å². The number of carbonyl (C=O) groups excluding carboxylic acids is 1. The van der Waals surface area contributed by atoms with Crippen LogP contribution in [0.25, 0.3) is 0 Å². The molecule has 0 aliphatic heterocycles. The molecule has 6 nitrogen and oxygen atoms in total. The molecule has 0 saturated carbocycles. The van der Waals surface area contributed by atoms with Gasteiger partial charge in [-0.25, -0.2) is 4.98 Å². The molecule has 0 atom stereocenters. The Morgan fingerprint density at radius 3 is 2.80 bits per heavy atom. The molecule has 0 bridgehead atoms. The van der Waals surface area contributed by atoms with Gasteiger partial charge < -0.3 is 9.73 Å². The lowest BCUT2D eigenvalue weighted by Gasteiger charge is -2.06. The Labute approximate surface area is 154 Å². The van der Waals surface area contributed by atoms with Crippen molar-refractivity contribution in [3.05, 3.63) is 51.3 Å². The van der Waals surface area contributed by atoms with Crippen LogP contribution in [0.5, 0.6) is 0 Å². The number of nitrogens with one attached hydrogen (secondary N) is 1. The second kappa shape index (κ2) is 7.79. The minimum Gasteiger partial charge on any atom is -0.416 e. The number of rotatable bonds is 6. The standard InChI is InChI=1S/C17H18N4O2S2/c1-10-4-5-13(6-11(10)2)19-15(22)9-25-17-21-20-16(23-17)7-14-8-24-12(3)18-14/h4-6,8H,7,9H2,1-3H3,(H,19,22). The van der Waals surface area contributed by atoms with Gasteiger partial charge >= 0.3 is 0 Å². The summed E-state index contributed by atoms with van der Waals surface area (Å²) >= 11 is 2.81. The molecule has 3 aromatic rings. The van der Waals surface area contributed by atoms with Gasteiger partial charge in [-0.1, -0.05) is 17.8 Å². The normalized spacial score (nSPS) is 10.8. The van der Waals surface area contributed by atoms with Crippen LogP contribution < -0.4 is 5.32 Å². The van der Waals surface area contributed by atoms with E-state index in [1.54, 1.807) is 11.3 Å². The fourth-order valence-electron chi connectivity index (χ4n) is 2.16. The van der Waals surface area contributed by atoms with Crippen LogP contribution in [0.2, 0.25) is 0 Å². The van der Waals surface area contributed by atoms with Crippen LogP contribution in [-0.4, -0.2) is 26.8 Å². The summed E-state index contributed by atoms with van der Waals surface area (Å²) in [6.45, 7) is 6.01. The first-order chi connectivity index (χ1) is 12.0. The Kier molecular flexibility index (Phi) is 5.50. The highest BCUT2D eigenvalue weighted by Crippen LogP contribution is 2.19. The van der Waals surface area contributed by atoms with E-state index in [-0.39, 0.29) is 11.7 Å². The summed E-state index contributed by atoms with van der Waals surface area (Å²) in [6, 6.07) is 5.84. The molecule has 1 N–H and O–H groups in total. The van der Waals surface area contributed by atoms with Crippen molar-refractivity contribution in [1.82, 2.24) is 15.2 Å². The first kappa shape index (κ1) is 17.6. The summed E-state index contributed by atoms with van der Waals surface area (Å²) in [7, 11) is 0. The lowest BCUT2D eigenvalue weighted by Crippen LogP contribution is -2.14. The van der Waals surface area contributed by atoms with Gasteiger partial charge in [-0.05, 0) is 44.0 Å². The molecule has 0 radical (unpaired) electrons. The quantitative estimate of drug-likeness (QED) is 0.662. The highest BCUT2D eigenvalue weighted by atomic mass is 32.2. The zero-order valence-corrected chi connectivity index (χ0v) is 15.8. The van der Waals surface area contributed by atoms with Crippen LogP contribution in [-0.2, 0) is 11.2 Å². The maximum Gasteiger partial charge on any atom is 0.277 e. The topological polar surface area (TPSA) is 80.9 Å². The van der Waals surface area contributed by atoms with Crippen molar-refractivity contribution in [2.45, 2.75) is 32.4 Å². The van der Waals surface area contributed by atoms with Crippen LogP contribution in [0.1, 0.15) is 27.7 Å². The minimum absolute atomic E-state index is 0.108. The summed E-state index contributed by atoms with van der Waals surface area (Å²) in [5, 5.41) is 14.2. The van der Waals surface area contributed by atoms with E-state index >= 15 is 0 Å². The predicted molar refractivity (Wildman–Crippen MR) is 99.2 cm³/mol. The Bertz CT molecular complexity index is 888. The van der Waals surface area contributed by atoms with Gasteiger partial charge in [0.05, 0.1) is 22.9 Å². The molecule has 0 fully saturated rings. The van der Waals surface area contributed by atoms with Crippen molar-refractivity contribution in [3.8, 4) is 0 Å². The van der Waals surface area contributed by atoms with Gasteiger partial charge in [-0.3, -0.25) is 4.79 Å². The van der Waals surface area contributed by atoms with E-state index in [0.29, 0.717) is 17.5 Å². The maximum atomic E-state index is 12.1. The molecule has 0 aliphatic rings. The van der Waals surface area contributed by atoms with Crippen LogP contribution in [0.3, 0.4) is 0 Å². The molecule has 2 heterocycles. The fraction of sp³-hybridized carbons (Fsp3) is 0.294. The Morgan fingerprint density at radius 2 is 2.08 bits per heavy atom. The average Bonchev–Trinajstić information content (AvgIpc) is 3.18. The Hall–Kier alpha value is -2.19. The summed E-state index contributed by atoms with van der Waals surface area (Å²) in [5.74, 6) is 0.607. The summed E-state index contributed by atoms with van der Waals surface area (Å²) in [4.78, 5) is 16.4. The van der Waals surface area contributed by atoms with Gasteiger partial charge in [0, 0.05) is 11.1 Å². The molecule has 0 unspecified atom stereocenters. The monoisotopic (exact) mass is 374 g/mol. The summed E-state index contributed by atoms with van der Waals surface area (Å²) < 4.78 is 5.56. The van der Waals surface area contributed by atoms with Crippen LogP contribution in [0.4, 0.5) is 5.69 Å². The lowest BCUT2D eigenvalue weighted by molar-refractivity contribution is -0.113. The number of anilines is 1. The fourth-order valence-corrected chi connectivity index (χ4v) is 3.35.